The van der Waals surface area contributed by atoms with Gasteiger partial charge >= 0.3 is 0 Å². The van der Waals surface area contributed by atoms with E-state index in [0.717, 1.165) is 37.4 Å². The molecule has 0 bridgehead atoms. The zero-order chi connectivity index (χ0) is 16.7. The molecule has 1 spiro atoms. The number of nitrogens with zero attached hydrogens (tertiary/aromatic N) is 3. The standard InChI is InChI=1S/C18H24N4O2/c1-12-9-20-15(11-19-12)17(24)22-6-4-18(5-7-22)8-14(18)16(23)21-10-13-2-3-13/h9,11,13-14H,2-8,10H2,1H3,(H,21,23)/t14-/m1/s1. The Hall–Kier alpha value is -1.98. The second-order valence-corrected chi connectivity index (χ2v) is 7.64. The van der Waals surface area contributed by atoms with Crippen LogP contribution in [0.5, 0.6) is 0 Å². The van der Waals surface area contributed by atoms with Gasteiger partial charge < -0.3 is 10.2 Å². The molecule has 1 atom stereocenters. The molecule has 2 heterocycles. The molecule has 128 valence electrons. The maximum Gasteiger partial charge on any atom is 0.274 e. The first-order valence-electron chi connectivity index (χ1n) is 8.93. The second kappa shape index (κ2) is 5.83. The number of hydrogen-bond donors (Lipinski definition) is 1. The third-order valence-corrected chi connectivity index (χ3v) is 5.81. The monoisotopic (exact) mass is 328 g/mol. The first kappa shape index (κ1) is 15.5. The van der Waals surface area contributed by atoms with Crippen LogP contribution in [0.1, 0.15) is 48.3 Å². The molecule has 1 aliphatic heterocycles. The van der Waals surface area contributed by atoms with Crippen molar-refractivity contribution in [3.63, 3.8) is 0 Å². The summed E-state index contributed by atoms with van der Waals surface area (Å²) in [4.78, 5) is 34.9. The summed E-state index contributed by atoms with van der Waals surface area (Å²) < 4.78 is 0. The van der Waals surface area contributed by atoms with Crippen LogP contribution < -0.4 is 5.32 Å². The highest BCUT2D eigenvalue weighted by Gasteiger charge is 2.58. The predicted molar refractivity (Wildman–Crippen MR) is 88.2 cm³/mol. The molecule has 1 aromatic rings. The number of amides is 2. The van der Waals surface area contributed by atoms with Gasteiger partial charge in [-0.3, -0.25) is 14.6 Å². The zero-order valence-electron chi connectivity index (χ0n) is 14.1. The van der Waals surface area contributed by atoms with Gasteiger partial charge in [0.2, 0.25) is 5.91 Å². The van der Waals surface area contributed by atoms with Crippen LogP contribution in [0, 0.1) is 24.2 Å². The fraction of sp³-hybridized carbons (Fsp3) is 0.667. The summed E-state index contributed by atoms with van der Waals surface area (Å²) in [6.45, 7) is 4.12. The van der Waals surface area contributed by atoms with Gasteiger partial charge in [-0.1, -0.05) is 0 Å². The van der Waals surface area contributed by atoms with Gasteiger partial charge in [0.15, 0.2) is 0 Å². The molecular formula is C18H24N4O2. The van der Waals surface area contributed by atoms with Crippen molar-refractivity contribution < 1.29 is 9.59 Å². The van der Waals surface area contributed by atoms with Crippen molar-refractivity contribution in [3.8, 4) is 0 Å². The topological polar surface area (TPSA) is 75.2 Å². The molecule has 0 aromatic carbocycles. The maximum absolute atomic E-state index is 12.5. The lowest BCUT2D eigenvalue weighted by Crippen LogP contribution is -2.41. The van der Waals surface area contributed by atoms with E-state index in [1.165, 1.54) is 12.8 Å². The Morgan fingerprint density at radius 2 is 2.00 bits per heavy atom. The van der Waals surface area contributed by atoms with E-state index in [-0.39, 0.29) is 23.1 Å². The number of carbonyl (C=O) groups is 2. The molecule has 2 saturated carbocycles. The fourth-order valence-electron chi connectivity index (χ4n) is 3.78. The molecule has 6 nitrogen and oxygen atoms in total. The van der Waals surface area contributed by atoms with Gasteiger partial charge in [-0.25, -0.2) is 4.98 Å². The van der Waals surface area contributed by atoms with Crippen molar-refractivity contribution in [1.29, 1.82) is 0 Å². The average Bonchev–Trinajstić information content (AvgIpc) is 3.51. The minimum absolute atomic E-state index is 0.0484. The maximum atomic E-state index is 12.5. The first-order valence-corrected chi connectivity index (χ1v) is 8.93. The summed E-state index contributed by atoms with van der Waals surface area (Å²) in [6.07, 6.45) is 8.51. The van der Waals surface area contributed by atoms with Gasteiger partial charge in [0.1, 0.15) is 5.69 Å². The lowest BCUT2D eigenvalue weighted by atomic mass is 9.90. The van der Waals surface area contributed by atoms with Gasteiger partial charge in [0.05, 0.1) is 11.9 Å². The van der Waals surface area contributed by atoms with Gasteiger partial charge in [-0.15, -0.1) is 0 Å². The number of aryl methyl sites for hydroxylation is 1. The predicted octanol–water partition coefficient (Wildman–Crippen LogP) is 1.55. The largest absolute Gasteiger partial charge is 0.356 e. The Labute approximate surface area is 142 Å². The number of carbonyl (C=O) groups excluding carboxylic acids is 2. The van der Waals surface area contributed by atoms with Crippen molar-refractivity contribution in [2.45, 2.75) is 39.0 Å². The number of hydrogen-bond acceptors (Lipinski definition) is 4. The number of aromatic nitrogens is 2. The molecule has 24 heavy (non-hydrogen) atoms. The molecule has 3 fully saturated rings. The van der Waals surface area contributed by atoms with E-state index < -0.39 is 0 Å². The van der Waals surface area contributed by atoms with Crippen molar-refractivity contribution in [3.05, 3.63) is 23.8 Å². The SMILES string of the molecule is Cc1cnc(C(=O)N2CCC3(CC2)C[C@@H]3C(=O)NCC2CC2)cn1. The highest BCUT2D eigenvalue weighted by atomic mass is 16.2. The first-order chi connectivity index (χ1) is 11.6. The summed E-state index contributed by atoms with van der Waals surface area (Å²) in [5, 5.41) is 3.11. The van der Waals surface area contributed by atoms with Gasteiger partial charge in [0.25, 0.3) is 5.91 Å². The molecule has 1 N–H and O–H groups in total. The molecule has 1 saturated heterocycles. The third kappa shape index (κ3) is 3.01. The number of likely N-dealkylation sites (tertiary alicyclic amines) is 1. The summed E-state index contributed by atoms with van der Waals surface area (Å²) >= 11 is 0. The average molecular weight is 328 g/mol. The van der Waals surface area contributed by atoms with Crippen LogP contribution in [0.3, 0.4) is 0 Å². The summed E-state index contributed by atoms with van der Waals surface area (Å²) in [5.74, 6) is 1.06. The van der Waals surface area contributed by atoms with Crippen LogP contribution in [0.4, 0.5) is 0 Å². The molecular weight excluding hydrogens is 304 g/mol. The Morgan fingerprint density at radius 3 is 2.62 bits per heavy atom. The number of rotatable bonds is 4. The van der Waals surface area contributed by atoms with Crippen LogP contribution in [-0.2, 0) is 4.79 Å². The van der Waals surface area contributed by atoms with E-state index in [4.69, 9.17) is 0 Å². The molecule has 1 aromatic heterocycles. The fourth-order valence-corrected chi connectivity index (χ4v) is 3.78. The summed E-state index contributed by atoms with van der Waals surface area (Å²) in [6, 6.07) is 0. The third-order valence-electron chi connectivity index (χ3n) is 5.81. The van der Waals surface area contributed by atoms with Crippen molar-refractivity contribution in [2.75, 3.05) is 19.6 Å². The number of piperidine rings is 1. The lowest BCUT2D eigenvalue weighted by molar-refractivity contribution is -0.123. The Morgan fingerprint density at radius 1 is 1.25 bits per heavy atom. The van der Waals surface area contributed by atoms with Crippen LogP contribution in [0.15, 0.2) is 12.4 Å². The Balaban J connectivity index is 1.30. The number of nitrogens with one attached hydrogen (secondary N) is 1. The molecule has 2 amide bonds. The van der Waals surface area contributed by atoms with Crippen molar-refractivity contribution in [2.24, 2.45) is 17.3 Å². The van der Waals surface area contributed by atoms with Crippen LogP contribution in [0.25, 0.3) is 0 Å². The molecule has 2 aliphatic carbocycles. The van der Waals surface area contributed by atoms with E-state index in [9.17, 15) is 9.59 Å². The van der Waals surface area contributed by atoms with E-state index in [0.29, 0.717) is 18.8 Å². The Kier molecular flexibility index (Phi) is 3.77. The molecule has 0 radical (unpaired) electrons. The van der Waals surface area contributed by atoms with Crippen LogP contribution in [0.2, 0.25) is 0 Å². The second-order valence-electron chi connectivity index (χ2n) is 7.64. The van der Waals surface area contributed by atoms with Crippen molar-refractivity contribution in [1.82, 2.24) is 20.2 Å². The van der Waals surface area contributed by atoms with Gasteiger partial charge in [-0.2, -0.15) is 0 Å². The van der Waals surface area contributed by atoms with Crippen LogP contribution in [-0.4, -0.2) is 46.3 Å². The molecule has 3 aliphatic rings. The summed E-state index contributed by atoms with van der Waals surface area (Å²) in [5.41, 5.74) is 1.36. The van der Waals surface area contributed by atoms with E-state index >= 15 is 0 Å². The molecule has 4 rings (SSSR count). The lowest BCUT2D eigenvalue weighted by Gasteiger charge is -2.32. The minimum atomic E-state index is -0.0484. The molecule has 0 unspecified atom stereocenters. The van der Waals surface area contributed by atoms with E-state index in [2.05, 4.69) is 15.3 Å². The van der Waals surface area contributed by atoms with E-state index in [1.807, 2.05) is 11.8 Å². The normalized spacial score (nSPS) is 24.7. The Bertz CT molecular complexity index is 645. The van der Waals surface area contributed by atoms with Crippen LogP contribution >= 0.6 is 0 Å². The summed E-state index contributed by atoms with van der Waals surface area (Å²) in [7, 11) is 0. The van der Waals surface area contributed by atoms with Crippen molar-refractivity contribution >= 4 is 11.8 Å². The minimum Gasteiger partial charge on any atom is -0.356 e. The van der Waals surface area contributed by atoms with Gasteiger partial charge in [-0.05, 0) is 50.4 Å². The zero-order valence-corrected chi connectivity index (χ0v) is 14.1. The molecule has 6 heteroatoms. The van der Waals surface area contributed by atoms with E-state index in [1.54, 1.807) is 12.4 Å². The van der Waals surface area contributed by atoms with Gasteiger partial charge in [0, 0.05) is 31.7 Å². The smallest absolute Gasteiger partial charge is 0.274 e. The highest BCUT2D eigenvalue weighted by molar-refractivity contribution is 5.92. The highest BCUT2D eigenvalue weighted by Crippen LogP contribution is 2.59. The quantitative estimate of drug-likeness (QED) is 0.910.